The molecule has 12 nitrogen and oxygen atoms in total. The first-order valence-electron chi connectivity index (χ1n) is 15.8. The second-order valence-corrected chi connectivity index (χ2v) is 12.1. The van der Waals surface area contributed by atoms with Gasteiger partial charge in [-0.1, -0.05) is 36.4 Å². The van der Waals surface area contributed by atoms with E-state index in [1.54, 1.807) is 18.2 Å². The number of anilines is 1. The Morgan fingerprint density at radius 1 is 0.891 bits per heavy atom. The van der Waals surface area contributed by atoms with Crippen molar-refractivity contribution < 1.29 is 29.1 Å². The summed E-state index contributed by atoms with van der Waals surface area (Å²) < 4.78 is 0. The molecule has 2 atom stereocenters. The molecular weight excluding hydrogens is 588 g/mol. The van der Waals surface area contributed by atoms with Gasteiger partial charge in [0.2, 0.25) is 11.8 Å². The van der Waals surface area contributed by atoms with E-state index >= 15 is 0 Å². The Morgan fingerprint density at radius 2 is 1.63 bits per heavy atom. The van der Waals surface area contributed by atoms with E-state index in [2.05, 4.69) is 25.4 Å². The molecule has 2 saturated heterocycles. The average molecular weight is 627 g/mol. The number of hydrogen-bond donors (Lipinski definition) is 3. The van der Waals surface area contributed by atoms with Crippen LogP contribution in [0.4, 0.5) is 5.69 Å². The molecule has 6 rings (SSSR count). The molecule has 3 heterocycles. The molecule has 0 aromatic heterocycles. The molecule has 0 bridgehead atoms. The molecule has 4 aliphatic rings. The first-order valence-corrected chi connectivity index (χ1v) is 15.8. The van der Waals surface area contributed by atoms with Crippen molar-refractivity contribution in [1.29, 1.82) is 0 Å². The number of carbonyl (C=O) groups excluding carboxylic acids is 5. The second-order valence-electron chi connectivity index (χ2n) is 12.1. The minimum atomic E-state index is -0.994. The zero-order valence-electron chi connectivity index (χ0n) is 25.6. The molecule has 1 aliphatic carbocycles. The van der Waals surface area contributed by atoms with Crippen LogP contribution in [0.5, 0.6) is 0 Å². The van der Waals surface area contributed by atoms with Crippen LogP contribution in [-0.2, 0) is 14.4 Å². The van der Waals surface area contributed by atoms with E-state index in [4.69, 9.17) is 0 Å². The molecule has 0 spiro atoms. The lowest BCUT2D eigenvalue weighted by Crippen LogP contribution is -2.54. The lowest BCUT2D eigenvalue weighted by Gasteiger charge is -2.34. The number of ketones is 1. The number of amides is 4. The SMILES string of the molecule is O=C1CCC(N2C(=O)c3cccc(NCCN4CCN(CCN=CC5=C(O)CC(c6ccccc6)CC5=O)CC4)c3C2=O)C(=O)N1. The Bertz CT molecular complexity index is 1600. The molecule has 3 N–H and O–H groups in total. The summed E-state index contributed by atoms with van der Waals surface area (Å²) in [6.45, 7) is 6.08. The minimum Gasteiger partial charge on any atom is -0.511 e. The van der Waals surface area contributed by atoms with Crippen molar-refractivity contribution in [3.8, 4) is 0 Å². The predicted octanol–water partition coefficient (Wildman–Crippen LogP) is 2.15. The van der Waals surface area contributed by atoms with E-state index in [-0.39, 0.29) is 41.4 Å². The van der Waals surface area contributed by atoms with Gasteiger partial charge in [-0.15, -0.1) is 0 Å². The highest BCUT2D eigenvalue weighted by atomic mass is 16.3. The van der Waals surface area contributed by atoms with Crippen LogP contribution in [0.25, 0.3) is 0 Å². The number of aliphatic hydroxyl groups excluding tert-OH is 1. The lowest BCUT2D eigenvalue weighted by atomic mass is 9.83. The number of piperazine rings is 1. The summed E-state index contributed by atoms with van der Waals surface area (Å²) in [7, 11) is 0. The molecule has 0 saturated carbocycles. The Labute approximate surface area is 267 Å². The zero-order valence-corrected chi connectivity index (χ0v) is 25.6. The fraction of sp³-hybridized carbons (Fsp3) is 0.412. The summed E-state index contributed by atoms with van der Waals surface area (Å²) in [5, 5.41) is 16.1. The van der Waals surface area contributed by atoms with Crippen LogP contribution in [0.15, 0.2) is 64.9 Å². The van der Waals surface area contributed by atoms with Crippen molar-refractivity contribution in [3.63, 3.8) is 0 Å². The summed E-state index contributed by atoms with van der Waals surface area (Å²) in [5.74, 6) is -2.05. The van der Waals surface area contributed by atoms with Gasteiger partial charge in [-0.3, -0.25) is 49.0 Å². The van der Waals surface area contributed by atoms with Crippen LogP contribution in [-0.4, -0.2) is 114 Å². The predicted molar refractivity (Wildman–Crippen MR) is 171 cm³/mol. The summed E-state index contributed by atoms with van der Waals surface area (Å²) in [6.07, 6.45) is 2.54. The van der Waals surface area contributed by atoms with E-state index < -0.39 is 29.7 Å². The van der Waals surface area contributed by atoms with Gasteiger partial charge in [-0.05, 0) is 30.0 Å². The molecule has 46 heavy (non-hydrogen) atoms. The largest absolute Gasteiger partial charge is 0.511 e. The van der Waals surface area contributed by atoms with Gasteiger partial charge < -0.3 is 10.4 Å². The summed E-state index contributed by atoms with van der Waals surface area (Å²) >= 11 is 0. The van der Waals surface area contributed by atoms with E-state index in [1.807, 2.05) is 30.3 Å². The molecule has 12 heteroatoms. The number of allylic oxidation sites excluding steroid dienone is 2. The quantitative estimate of drug-likeness (QED) is 0.266. The number of piperidine rings is 1. The monoisotopic (exact) mass is 626 g/mol. The molecule has 4 amide bonds. The number of nitrogens with one attached hydrogen (secondary N) is 2. The van der Waals surface area contributed by atoms with Crippen molar-refractivity contribution >= 4 is 41.3 Å². The third-order valence-electron chi connectivity index (χ3n) is 9.20. The van der Waals surface area contributed by atoms with Gasteiger partial charge in [0, 0.05) is 77.0 Å². The first-order chi connectivity index (χ1) is 22.3. The normalized spacial score (nSPS) is 23.0. The van der Waals surface area contributed by atoms with Crippen LogP contribution in [0.1, 0.15) is 57.9 Å². The number of Topliss-reactive ketones (excluding diaryl/α,β-unsaturated/α-hetero) is 1. The van der Waals surface area contributed by atoms with E-state index in [0.717, 1.165) is 49.7 Å². The van der Waals surface area contributed by atoms with Gasteiger partial charge in [-0.2, -0.15) is 0 Å². The number of aliphatic imine (C=N–C) groups is 1. The maximum absolute atomic E-state index is 13.3. The summed E-state index contributed by atoms with van der Waals surface area (Å²) in [5.41, 5.74) is 2.45. The molecule has 240 valence electrons. The van der Waals surface area contributed by atoms with Crippen LogP contribution in [0.2, 0.25) is 0 Å². The number of hydrogen-bond acceptors (Lipinski definition) is 10. The Morgan fingerprint density at radius 3 is 2.35 bits per heavy atom. The number of nitrogens with zero attached hydrogens (tertiary/aromatic N) is 4. The zero-order chi connectivity index (χ0) is 32.2. The van der Waals surface area contributed by atoms with Crippen molar-refractivity contribution in [2.75, 3.05) is 57.7 Å². The standard InChI is InChI=1S/C34H38N6O6/c41-28-19-23(22-5-2-1-3-6-22)20-29(42)25(28)21-35-11-13-38-15-17-39(18-16-38)14-12-36-26-8-4-7-24-31(26)34(46)40(33(24)45)27-9-10-30(43)37-32(27)44/h1-8,21,23,27,36,41H,9-20H2,(H,37,43,44). The van der Waals surface area contributed by atoms with Gasteiger partial charge in [0.1, 0.15) is 11.8 Å². The number of carbonyl (C=O) groups is 5. The van der Waals surface area contributed by atoms with Gasteiger partial charge in [-0.25, -0.2) is 0 Å². The third kappa shape index (κ3) is 6.63. The van der Waals surface area contributed by atoms with Gasteiger partial charge in [0.05, 0.1) is 23.2 Å². The van der Waals surface area contributed by atoms with Crippen LogP contribution in [0, 0.1) is 0 Å². The van der Waals surface area contributed by atoms with E-state index in [1.165, 1.54) is 6.21 Å². The number of rotatable bonds is 10. The van der Waals surface area contributed by atoms with Crippen LogP contribution in [0.3, 0.4) is 0 Å². The Balaban J connectivity index is 0.939. The fourth-order valence-corrected chi connectivity index (χ4v) is 6.62. The Kier molecular flexibility index (Phi) is 9.36. The molecule has 2 fully saturated rings. The van der Waals surface area contributed by atoms with E-state index in [9.17, 15) is 29.1 Å². The summed E-state index contributed by atoms with van der Waals surface area (Å²) in [4.78, 5) is 73.1. The number of benzene rings is 2. The molecule has 2 aromatic rings. The number of fused-ring (bicyclic) bond motifs is 1. The first kappa shape index (κ1) is 31.3. The van der Waals surface area contributed by atoms with Gasteiger partial charge in [0.25, 0.3) is 11.8 Å². The highest BCUT2D eigenvalue weighted by molar-refractivity contribution is 6.25. The van der Waals surface area contributed by atoms with Gasteiger partial charge in [0.15, 0.2) is 5.78 Å². The van der Waals surface area contributed by atoms with E-state index in [0.29, 0.717) is 37.2 Å². The molecule has 2 aromatic carbocycles. The average Bonchev–Trinajstić information content (AvgIpc) is 3.31. The number of aliphatic hydroxyl groups is 1. The van der Waals surface area contributed by atoms with Crippen molar-refractivity contribution in [2.45, 2.75) is 37.6 Å². The van der Waals surface area contributed by atoms with Crippen molar-refractivity contribution in [2.24, 2.45) is 4.99 Å². The van der Waals surface area contributed by atoms with Gasteiger partial charge >= 0.3 is 0 Å². The topological polar surface area (TPSA) is 152 Å². The maximum Gasteiger partial charge on any atom is 0.264 e. The van der Waals surface area contributed by atoms with Crippen molar-refractivity contribution in [3.05, 3.63) is 76.6 Å². The van der Waals surface area contributed by atoms with Crippen LogP contribution < -0.4 is 10.6 Å². The molecular formula is C34H38N6O6. The fourth-order valence-electron chi connectivity index (χ4n) is 6.62. The maximum atomic E-state index is 13.3. The number of imide groups is 2. The lowest BCUT2D eigenvalue weighted by molar-refractivity contribution is -0.136. The Hall–Kier alpha value is -4.68. The minimum absolute atomic E-state index is 0.00658. The smallest absolute Gasteiger partial charge is 0.264 e. The highest BCUT2D eigenvalue weighted by Gasteiger charge is 2.45. The summed E-state index contributed by atoms with van der Waals surface area (Å²) in [6, 6.07) is 13.9. The molecule has 3 aliphatic heterocycles. The molecule has 2 unspecified atom stereocenters. The highest BCUT2D eigenvalue weighted by Crippen LogP contribution is 2.34. The van der Waals surface area contributed by atoms with Crippen molar-refractivity contribution in [1.82, 2.24) is 20.0 Å². The third-order valence-corrected chi connectivity index (χ3v) is 9.20. The second kappa shape index (κ2) is 13.8. The van der Waals surface area contributed by atoms with Crippen LogP contribution >= 0.6 is 0 Å². The molecule has 0 radical (unpaired) electrons.